The van der Waals surface area contributed by atoms with Crippen LogP contribution in [-0.4, -0.2) is 29.9 Å². The van der Waals surface area contributed by atoms with Crippen LogP contribution in [0.2, 0.25) is 0 Å². The lowest BCUT2D eigenvalue weighted by atomic mass is 10.1. The standard InChI is InChI=1S/C13H25ClN/c1-2-3-4-6-9-13(14)12-15-10-7-5-8-11-15/h4,13H,2-3,5-12H2,1H3. The van der Waals surface area contributed by atoms with Crippen LogP contribution in [0.1, 0.15) is 51.9 Å². The van der Waals surface area contributed by atoms with Gasteiger partial charge in [0.15, 0.2) is 0 Å². The molecule has 1 aliphatic rings. The van der Waals surface area contributed by atoms with Gasteiger partial charge in [0.25, 0.3) is 0 Å². The maximum absolute atomic E-state index is 6.33. The van der Waals surface area contributed by atoms with E-state index in [1.165, 1.54) is 51.6 Å². The van der Waals surface area contributed by atoms with Crippen molar-refractivity contribution < 1.29 is 0 Å². The largest absolute Gasteiger partial charge is 0.302 e. The summed E-state index contributed by atoms with van der Waals surface area (Å²) in [6.45, 7) is 5.85. The van der Waals surface area contributed by atoms with Crippen molar-refractivity contribution in [3.05, 3.63) is 6.42 Å². The molecule has 0 saturated carbocycles. The van der Waals surface area contributed by atoms with Crippen LogP contribution in [0, 0.1) is 6.42 Å². The Balaban J connectivity index is 1.98. The minimum absolute atomic E-state index is 0.358. The quantitative estimate of drug-likeness (QED) is 0.474. The zero-order valence-electron chi connectivity index (χ0n) is 10.1. The molecule has 1 fully saturated rings. The molecule has 15 heavy (non-hydrogen) atoms. The average molecular weight is 231 g/mol. The molecule has 0 aromatic heterocycles. The Morgan fingerprint density at radius 2 is 1.93 bits per heavy atom. The normalized spacial score (nSPS) is 20.4. The zero-order valence-corrected chi connectivity index (χ0v) is 10.8. The molecule has 0 amide bonds. The summed E-state index contributed by atoms with van der Waals surface area (Å²) in [5.74, 6) is 0. The number of nitrogens with zero attached hydrogens (tertiary/aromatic N) is 1. The van der Waals surface area contributed by atoms with E-state index in [4.69, 9.17) is 11.6 Å². The maximum Gasteiger partial charge on any atom is 0.0463 e. The van der Waals surface area contributed by atoms with Gasteiger partial charge in [0, 0.05) is 11.9 Å². The summed E-state index contributed by atoms with van der Waals surface area (Å²) in [5, 5.41) is 0.358. The summed E-state index contributed by atoms with van der Waals surface area (Å²) in [6, 6.07) is 0. The van der Waals surface area contributed by atoms with Crippen molar-refractivity contribution in [2.24, 2.45) is 0 Å². The third kappa shape index (κ3) is 6.42. The molecular formula is C13H25ClN. The highest BCUT2D eigenvalue weighted by Crippen LogP contribution is 2.14. The number of hydrogen-bond acceptors (Lipinski definition) is 1. The Hall–Kier alpha value is 0.250. The van der Waals surface area contributed by atoms with Gasteiger partial charge in [0.05, 0.1) is 0 Å². The van der Waals surface area contributed by atoms with Crippen LogP contribution in [0.25, 0.3) is 0 Å². The van der Waals surface area contributed by atoms with Gasteiger partial charge in [-0.1, -0.05) is 26.2 Å². The first-order valence-corrected chi connectivity index (χ1v) is 6.94. The van der Waals surface area contributed by atoms with Crippen molar-refractivity contribution in [1.82, 2.24) is 4.90 Å². The van der Waals surface area contributed by atoms with Gasteiger partial charge in [0.2, 0.25) is 0 Å². The molecule has 1 aliphatic heterocycles. The average Bonchev–Trinajstić information content (AvgIpc) is 2.26. The fourth-order valence-electron chi connectivity index (χ4n) is 2.16. The van der Waals surface area contributed by atoms with Gasteiger partial charge in [0.1, 0.15) is 0 Å². The highest BCUT2D eigenvalue weighted by Gasteiger charge is 2.14. The molecule has 0 spiro atoms. The van der Waals surface area contributed by atoms with Crippen LogP contribution in [0.3, 0.4) is 0 Å². The van der Waals surface area contributed by atoms with E-state index in [2.05, 4.69) is 18.2 Å². The zero-order chi connectivity index (χ0) is 10.9. The lowest BCUT2D eigenvalue weighted by molar-refractivity contribution is 0.226. The molecule has 0 aromatic carbocycles. The second-order valence-electron chi connectivity index (χ2n) is 4.61. The Labute approximate surface area is 100 Å². The van der Waals surface area contributed by atoms with E-state index in [1.54, 1.807) is 0 Å². The highest BCUT2D eigenvalue weighted by molar-refractivity contribution is 6.20. The van der Waals surface area contributed by atoms with Gasteiger partial charge in [-0.3, -0.25) is 0 Å². The van der Waals surface area contributed by atoms with E-state index in [-0.39, 0.29) is 0 Å². The van der Waals surface area contributed by atoms with E-state index in [0.717, 1.165) is 13.0 Å². The van der Waals surface area contributed by atoms with Crippen molar-refractivity contribution in [3.8, 4) is 0 Å². The molecule has 1 nitrogen and oxygen atoms in total. The first kappa shape index (κ1) is 13.3. The van der Waals surface area contributed by atoms with Crippen molar-refractivity contribution in [3.63, 3.8) is 0 Å². The van der Waals surface area contributed by atoms with Crippen LogP contribution in [0.15, 0.2) is 0 Å². The van der Waals surface area contributed by atoms with E-state index in [9.17, 15) is 0 Å². The predicted octanol–water partition coefficient (Wildman–Crippen LogP) is 3.86. The van der Waals surface area contributed by atoms with Gasteiger partial charge in [-0.05, 0) is 45.2 Å². The van der Waals surface area contributed by atoms with Crippen molar-refractivity contribution in [2.75, 3.05) is 19.6 Å². The van der Waals surface area contributed by atoms with E-state index < -0.39 is 0 Å². The van der Waals surface area contributed by atoms with Crippen molar-refractivity contribution >= 4 is 11.6 Å². The third-order valence-corrected chi connectivity index (χ3v) is 3.44. The predicted molar refractivity (Wildman–Crippen MR) is 68.4 cm³/mol. The number of halogens is 1. The molecule has 1 atom stereocenters. The maximum atomic E-state index is 6.33. The second kappa shape index (κ2) is 8.41. The molecule has 0 bridgehead atoms. The molecule has 1 rings (SSSR count). The monoisotopic (exact) mass is 230 g/mol. The fraction of sp³-hybridized carbons (Fsp3) is 0.923. The Morgan fingerprint density at radius 3 is 2.60 bits per heavy atom. The van der Waals surface area contributed by atoms with Gasteiger partial charge in [-0.2, -0.15) is 0 Å². The Kier molecular flexibility index (Phi) is 7.46. The van der Waals surface area contributed by atoms with Gasteiger partial charge in [-0.15, -0.1) is 11.6 Å². The topological polar surface area (TPSA) is 3.24 Å². The lowest BCUT2D eigenvalue weighted by Crippen LogP contribution is -2.34. The first-order chi connectivity index (χ1) is 7.33. The van der Waals surface area contributed by atoms with E-state index >= 15 is 0 Å². The summed E-state index contributed by atoms with van der Waals surface area (Å²) >= 11 is 6.33. The van der Waals surface area contributed by atoms with Crippen molar-refractivity contribution in [1.29, 1.82) is 0 Å². The highest BCUT2D eigenvalue weighted by atomic mass is 35.5. The number of unbranched alkanes of at least 4 members (excludes halogenated alkanes) is 3. The second-order valence-corrected chi connectivity index (χ2v) is 5.23. The smallest absolute Gasteiger partial charge is 0.0463 e. The summed E-state index contributed by atoms with van der Waals surface area (Å²) in [5.41, 5.74) is 0. The van der Waals surface area contributed by atoms with Gasteiger partial charge in [-0.25, -0.2) is 0 Å². The van der Waals surface area contributed by atoms with Crippen LogP contribution in [-0.2, 0) is 0 Å². The summed E-state index contributed by atoms with van der Waals surface area (Å²) < 4.78 is 0. The van der Waals surface area contributed by atoms with Gasteiger partial charge < -0.3 is 4.90 Å². The fourth-order valence-corrected chi connectivity index (χ4v) is 2.48. The summed E-state index contributed by atoms with van der Waals surface area (Å²) in [6.07, 6.45) is 11.4. The van der Waals surface area contributed by atoms with Crippen molar-refractivity contribution in [2.45, 2.75) is 57.2 Å². The van der Waals surface area contributed by atoms with Crippen LogP contribution >= 0.6 is 11.6 Å². The molecule has 2 heteroatoms. The molecule has 0 aromatic rings. The molecule has 0 aliphatic carbocycles. The lowest BCUT2D eigenvalue weighted by Gasteiger charge is -2.28. The Morgan fingerprint density at radius 1 is 1.20 bits per heavy atom. The molecule has 1 saturated heterocycles. The number of alkyl halides is 1. The van der Waals surface area contributed by atoms with Crippen LogP contribution < -0.4 is 0 Å². The number of likely N-dealkylation sites (tertiary alicyclic amines) is 1. The molecule has 1 heterocycles. The number of piperidine rings is 1. The molecule has 0 N–H and O–H groups in total. The van der Waals surface area contributed by atoms with Crippen LogP contribution in [0.5, 0.6) is 0 Å². The summed E-state index contributed by atoms with van der Waals surface area (Å²) in [7, 11) is 0. The molecule has 1 unspecified atom stereocenters. The first-order valence-electron chi connectivity index (χ1n) is 6.51. The van der Waals surface area contributed by atoms with Gasteiger partial charge >= 0.3 is 0 Å². The molecular weight excluding hydrogens is 206 g/mol. The van der Waals surface area contributed by atoms with E-state index in [0.29, 0.717) is 5.38 Å². The van der Waals surface area contributed by atoms with Crippen LogP contribution in [0.4, 0.5) is 0 Å². The Bertz CT molecular complexity index is 143. The minimum Gasteiger partial charge on any atom is -0.302 e. The third-order valence-electron chi connectivity index (χ3n) is 3.08. The molecule has 89 valence electrons. The SMILES string of the molecule is CCC[CH]CCC(Cl)CN1CCCCC1. The number of rotatable bonds is 7. The van der Waals surface area contributed by atoms with E-state index in [1.807, 2.05) is 0 Å². The minimum atomic E-state index is 0.358. The summed E-state index contributed by atoms with van der Waals surface area (Å²) in [4.78, 5) is 2.53. The number of hydrogen-bond donors (Lipinski definition) is 0. The molecule has 1 radical (unpaired) electrons.